The van der Waals surface area contributed by atoms with Gasteiger partial charge in [0.15, 0.2) is 5.78 Å². The van der Waals surface area contributed by atoms with Crippen LogP contribution in [0, 0.1) is 5.92 Å². The molecule has 12 heavy (non-hydrogen) atoms. The molecular weight excluding hydrogens is 322 g/mol. The summed E-state index contributed by atoms with van der Waals surface area (Å²) in [4.78, 5) is 11.2. The normalized spacial score (nSPS) is 22.7. The molecule has 0 saturated carbocycles. The molecule has 0 bridgehead atoms. The standard InChI is InChI=1S/C10H14O.Re/c1-7(2)9-5-4-8(3)10(11)6-9;/h4,9H,1,5-6H2,2-3H3;. The molecular formula is C10H14ORe. The van der Waals surface area contributed by atoms with Gasteiger partial charge in [0.25, 0.3) is 0 Å². The first-order chi connectivity index (χ1) is 5.11. The number of carbonyl (C=O) groups excluding carboxylic acids is 1. The zero-order valence-electron chi connectivity index (χ0n) is 7.56. The van der Waals surface area contributed by atoms with Crippen LogP contribution in [0.1, 0.15) is 26.7 Å². The summed E-state index contributed by atoms with van der Waals surface area (Å²) in [5, 5.41) is 0. The minimum atomic E-state index is 0. The molecule has 1 unspecified atom stereocenters. The van der Waals surface area contributed by atoms with Crippen LogP contribution in [0.15, 0.2) is 23.8 Å². The third-order valence-corrected chi connectivity index (χ3v) is 2.28. The van der Waals surface area contributed by atoms with Crippen LogP contribution in [0.25, 0.3) is 0 Å². The maximum absolute atomic E-state index is 11.2. The van der Waals surface area contributed by atoms with Crippen molar-refractivity contribution < 1.29 is 25.2 Å². The largest absolute Gasteiger partial charge is 0.295 e. The van der Waals surface area contributed by atoms with E-state index in [0.29, 0.717) is 12.3 Å². The van der Waals surface area contributed by atoms with E-state index in [2.05, 4.69) is 6.58 Å². The summed E-state index contributed by atoms with van der Waals surface area (Å²) in [6, 6.07) is 0. The maximum Gasteiger partial charge on any atom is 0.158 e. The van der Waals surface area contributed by atoms with Gasteiger partial charge in [0.05, 0.1) is 0 Å². The third kappa shape index (κ3) is 2.70. The monoisotopic (exact) mass is 337 g/mol. The molecule has 0 saturated heterocycles. The van der Waals surface area contributed by atoms with Gasteiger partial charge in [-0.3, -0.25) is 4.79 Å². The summed E-state index contributed by atoms with van der Waals surface area (Å²) >= 11 is 0. The molecule has 0 fully saturated rings. The number of ketones is 1. The second kappa shape index (κ2) is 4.74. The maximum atomic E-state index is 11.2. The van der Waals surface area contributed by atoms with Crippen molar-refractivity contribution in [3.05, 3.63) is 23.8 Å². The number of Topliss-reactive ketones (excluding diaryl/α,β-unsaturated/α-hetero) is 1. The van der Waals surface area contributed by atoms with E-state index in [1.807, 2.05) is 19.9 Å². The summed E-state index contributed by atoms with van der Waals surface area (Å²) in [5.41, 5.74) is 2.05. The predicted octanol–water partition coefficient (Wildman–Crippen LogP) is 2.49. The van der Waals surface area contributed by atoms with Gasteiger partial charge in [0, 0.05) is 26.8 Å². The molecule has 1 atom stereocenters. The van der Waals surface area contributed by atoms with Crippen molar-refractivity contribution in [1.82, 2.24) is 0 Å². The van der Waals surface area contributed by atoms with E-state index in [9.17, 15) is 4.79 Å². The Balaban J connectivity index is 0.00000121. The summed E-state index contributed by atoms with van der Waals surface area (Å²) in [7, 11) is 0. The molecule has 1 aliphatic carbocycles. The molecule has 0 aromatic heterocycles. The first-order valence-electron chi connectivity index (χ1n) is 3.96. The summed E-state index contributed by atoms with van der Waals surface area (Å²) in [6.45, 7) is 7.74. The van der Waals surface area contributed by atoms with Gasteiger partial charge in [-0.15, -0.1) is 0 Å². The Morgan fingerprint density at radius 2 is 2.25 bits per heavy atom. The van der Waals surface area contributed by atoms with Crippen molar-refractivity contribution in [2.75, 3.05) is 0 Å². The van der Waals surface area contributed by atoms with Gasteiger partial charge in [-0.2, -0.15) is 0 Å². The molecule has 0 aromatic rings. The fourth-order valence-electron chi connectivity index (χ4n) is 1.28. The number of carbonyl (C=O) groups is 1. The van der Waals surface area contributed by atoms with Gasteiger partial charge in [-0.05, 0) is 31.8 Å². The van der Waals surface area contributed by atoms with Crippen molar-refractivity contribution in [2.45, 2.75) is 26.7 Å². The molecule has 0 spiro atoms. The predicted molar refractivity (Wildman–Crippen MR) is 46.3 cm³/mol. The van der Waals surface area contributed by atoms with Crippen molar-refractivity contribution >= 4 is 5.78 Å². The molecule has 2 heteroatoms. The zero-order chi connectivity index (χ0) is 8.43. The molecule has 67 valence electrons. The van der Waals surface area contributed by atoms with Crippen LogP contribution in [-0.2, 0) is 25.2 Å². The second-order valence-electron chi connectivity index (χ2n) is 3.29. The van der Waals surface area contributed by atoms with Crippen molar-refractivity contribution in [3.63, 3.8) is 0 Å². The topological polar surface area (TPSA) is 17.1 Å². The Morgan fingerprint density at radius 3 is 2.67 bits per heavy atom. The van der Waals surface area contributed by atoms with Gasteiger partial charge in [-0.1, -0.05) is 18.2 Å². The summed E-state index contributed by atoms with van der Waals surface area (Å²) in [6.07, 6.45) is 3.68. The molecule has 0 amide bonds. The molecule has 1 aliphatic rings. The van der Waals surface area contributed by atoms with E-state index in [0.717, 1.165) is 17.6 Å². The number of allylic oxidation sites excluding steroid dienone is 3. The third-order valence-electron chi connectivity index (χ3n) is 2.28. The van der Waals surface area contributed by atoms with E-state index >= 15 is 0 Å². The van der Waals surface area contributed by atoms with E-state index in [1.165, 1.54) is 0 Å². The molecule has 1 nitrogen and oxygen atoms in total. The SMILES string of the molecule is C=C(C)C1CC=C(C)C(=O)C1.[Re]. The molecule has 0 heterocycles. The number of hydrogen-bond acceptors (Lipinski definition) is 1. The summed E-state index contributed by atoms with van der Waals surface area (Å²) in [5.74, 6) is 0.676. The van der Waals surface area contributed by atoms with E-state index in [4.69, 9.17) is 0 Å². The molecule has 0 aromatic carbocycles. The number of hydrogen-bond donors (Lipinski definition) is 0. The molecule has 1 radical (unpaired) electrons. The Kier molecular flexibility index (Phi) is 4.67. The van der Waals surface area contributed by atoms with Crippen LogP contribution in [0.5, 0.6) is 0 Å². The Bertz CT molecular complexity index is 228. The van der Waals surface area contributed by atoms with E-state index in [1.54, 1.807) is 0 Å². The Hall–Kier alpha value is -0.188. The van der Waals surface area contributed by atoms with E-state index in [-0.39, 0.29) is 26.2 Å². The minimum absolute atomic E-state index is 0. The zero-order valence-corrected chi connectivity index (χ0v) is 10.3. The average molecular weight is 336 g/mol. The molecule has 0 N–H and O–H groups in total. The van der Waals surface area contributed by atoms with Crippen LogP contribution in [0.2, 0.25) is 0 Å². The van der Waals surface area contributed by atoms with Crippen molar-refractivity contribution in [3.8, 4) is 0 Å². The first kappa shape index (κ1) is 11.8. The Labute approximate surface area is 87.6 Å². The molecule has 1 rings (SSSR count). The van der Waals surface area contributed by atoms with Gasteiger partial charge < -0.3 is 0 Å². The fourth-order valence-corrected chi connectivity index (χ4v) is 1.28. The van der Waals surface area contributed by atoms with Crippen molar-refractivity contribution in [1.29, 1.82) is 0 Å². The smallest absolute Gasteiger partial charge is 0.158 e. The first-order valence-corrected chi connectivity index (χ1v) is 3.96. The van der Waals surface area contributed by atoms with Crippen LogP contribution in [0.4, 0.5) is 0 Å². The Morgan fingerprint density at radius 1 is 1.67 bits per heavy atom. The van der Waals surface area contributed by atoms with E-state index < -0.39 is 0 Å². The summed E-state index contributed by atoms with van der Waals surface area (Å²) < 4.78 is 0. The minimum Gasteiger partial charge on any atom is -0.295 e. The quantitative estimate of drug-likeness (QED) is 0.673. The fraction of sp³-hybridized carbons (Fsp3) is 0.500. The second-order valence-corrected chi connectivity index (χ2v) is 3.29. The van der Waals surface area contributed by atoms with Gasteiger partial charge in [-0.25, -0.2) is 0 Å². The van der Waals surface area contributed by atoms with Crippen LogP contribution < -0.4 is 0 Å². The van der Waals surface area contributed by atoms with Crippen LogP contribution in [0.3, 0.4) is 0 Å². The van der Waals surface area contributed by atoms with Gasteiger partial charge in [0.1, 0.15) is 0 Å². The van der Waals surface area contributed by atoms with Gasteiger partial charge in [0.2, 0.25) is 0 Å². The van der Waals surface area contributed by atoms with Crippen molar-refractivity contribution in [2.24, 2.45) is 5.92 Å². The van der Waals surface area contributed by atoms with Crippen LogP contribution in [-0.4, -0.2) is 5.78 Å². The van der Waals surface area contributed by atoms with Gasteiger partial charge >= 0.3 is 0 Å². The molecule has 0 aliphatic heterocycles. The average Bonchev–Trinajstić information content (AvgIpc) is 1.94. The van der Waals surface area contributed by atoms with Crippen LogP contribution >= 0.6 is 0 Å². The number of rotatable bonds is 1.